The molecule has 1 aromatic rings. The summed E-state index contributed by atoms with van der Waals surface area (Å²) < 4.78 is 0. The summed E-state index contributed by atoms with van der Waals surface area (Å²) in [6.45, 7) is 3.66. The van der Waals surface area contributed by atoms with Crippen molar-refractivity contribution in [2.24, 2.45) is 10.7 Å². The van der Waals surface area contributed by atoms with Gasteiger partial charge in [0.15, 0.2) is 11.8 Å². The summed E-state index contributed by atoms with van der Waals surface area (Å²) in [6, 6.07) is 2.05. The van der Waals surface area contributed by atoms with Crippen LogP contribution in [0.3, 0.4) is 0 Å². The highest BCUT2D eigenvalue weighted by molar-refractivity contribution is 14.0. The first-order chi connectivity index (χ1) is 10.2. The van der Waals surface area contributed by atoms with Gasteiger partial charge in [-0.25, -0.2) is 0 Å². The van der Waals surface area contributed by atoms with Gasteiger partial charge in [-0.05, 0) is 19.3 Å². The molecular formula is C14H26IN7. The summed E-state index contributed by atoms with van der Waals surface area (Å²) in [7, 11) is 0. The summed E-state index contributed by atoms with van der Waals surface area (Å²) in [5.74, 6) is 0.736. The Bertz CT molecular complexity index is 490. The Morgan fingerprint density at radius 1 is 1.36 bits per heavy atom. The van der Waals surface area contributed by atoms with Crippen LogP contribution in [-0.2, 0) is 6.42 Å². The van der Waals surface area contributed by atoms with E-state index < -0.39 is 0 Å². The van der Waals surface area contributed by atoms with Crippen LogP contribution in [0.4, 0.5) is 5.82 Å². The second-order valence-corrected chi connectivity index (χ2v) is 4.93. The number of aromatic amines is 1. The number of nitrogen functional groups attached to an aromatic ring is 1. The third kappa shape index (κ3) is 7.49. The van der Waals surface area contributed by atoms with Crippen LogP contribution in [0.2, 0.25) is 0 Å². The first kappa shape index (κ1) is 20.5. The monoisotopic (exact) mass is 419 g/mol. The molecule has 0 unspecified atom stereocenters. The molecular weight excluding hydrogens is 393 g/mol. The van der Waals surface area contributed by atoms with Crippen molar-refractivity contribution in [3.05, 3.63) is 11.3 Å². The van der Waals surface area contributed by atoms with Crippen molar-refractivity contribution in [2.45, 2.75) is 45.4 Å². The molecule has 0 amide bonds. The molecule has 22 heavy (non-hydrogen) atoms. The Balaban J connectivity index is 0.00000441. The molecule has 0 saturated carbocycles. The number of hydrogen-bond acceptors (Lipinski definition) is 4. The van der Waals surface area contributed by atoms with Crippen molar-refractivity contribution in [2.75, 3.05) is 18.8 Å². The number of H-pyrrole nitrogens is 1. The number of anilines is 1. The number of unbranched alkanes of at least 4 members (excludes halogenated alkanes) is 3. The van der Waals surface area contributed by atoms with Crippen molar-refractivity contribution < 1.29 is 0 Å². The van der Waals surface area contributed by atoms with Gasteiger partial charge >= 0.3 is 0 Å². The SMILES string of the molecule is CCCCCCNC(N)=NCCCc1[nH]nc(N)c1C#N.I. The Morgan fingerprint density at radius 3 is 2.82 bits per heavy atom. The average Bonchev–Trinajstić information content (AvgIpc) is 2.83. The number of aryl methyl sites for hydroxylation is 1. The number of aliphatic imine (C=N–C) groups is 1. The van der Waals surface area contributed by atoms with Crippen LogP contribution in [0.1, 0.15) is 50.3 Å². The number of hydrogen-bond donors (Lipinski definition) is 4. The number of nitrogens with two attached hydrogens (primary N) is 2. The molecule has 1 aromatic heterocycles. The van der Waals surface area contributed by atoms with Gasteiger partial charge in [0.2, 0.25) is 0 Å². The van der Waals surface area contributed by atoms with E-state index in [1.165, 1.54) is 19.3 Å². The number of halogens is 1. The lowest BCUT2D eigenvalue weighted by atomic mass is 10.1. The highest BCUT2D eigenvalue weighted by atomic mass is 127. The second-order valence-electron chi connectivity index (χ2n) is 4.93. The normalized spacial score (nSPS) is 10.8. The van der Waals surface area contributed by atoms with Crippen LogP contribution < -0.4 is 16.8 Å². The van der Waals surface area contributed by atoms with Crippen molar-refractivity contribution in [3.63, 3.8) is 0 Å². The van der Waals surface area contributed by atoms with Gasteiger partial charge in [-0.15, -0.1) is 24.0 Å². The van der Waals surface area contributed by atoms with Gasteiger partial charge in [-0.1, -0.05) is 26.2 Å². The van der Waals surface area contributed by atoms with Gasteiger partial charge in [0, 0.05) is 13.1 Å². The molecule has 1 heterocycles. The lowest BCUT2D eigenvalue weighted by Crippen LogP contribution is -2.32. The van der Waals surface area contributed by atoms with E-state index >= 15 is 0 Å². The molecule has 0 aromatic carbocycles. The van der Waals surface area contributed by atoms with Gasteiger partial charge in [0.25, 0.3) is 0 Å². The summed E-state index contributed by atoms with van der Waals surface area (Å²) in [5.41, 5.74) is 12.5. The predicted molar refractivity (Wildman–Crippen MR) is 100 cm³/mol. The fraction of sp³-hybridized carbons (Fsp3) is 0.643. The molecule has 7 nitrogen and oxygen atoms in total. The predicted octanol–water partition coefficient (Wildman–Crippen LogP) is 1.90. The zero-order valence-electron chi connectivity index (χ0n) is 13.1. The zero-order chi connectivity index (χ0) is 15.5. The Labute approximate surface area is 149 Å². The third-order valence-corrected chi connectivity index (χ3v) is 3.18. The maximum absolute atomic E-state index is 8.94. The maximum Gasteiger partial charge on any atom is 0.188 e. The third-order valence-electron chi connectivity index (χ3n) is 3.18. The van der Waals surface area contributed by atoms with E-state index in [1.54, 1.807) is 0 Å². The standard InChI is InChI=1S/C14H25N7.HI/c1-2-3-4-5-8-18-14(17)19-9-6-7-12-11(10-15)13(16)21-20-12;/h2-9H2,1H3,(H3,16,20,21)(H3,17,18,19);1H. The smallest absolute Gasteiger partial charge is 0.188 e. The highest BCUT2D eigenvalue weighted by Gasteiger charge is 2.09. The topological polar surface area (TPSA) is 129 Å². The van der Waals surface area contributed by atoms with Crippen LogP contribution in [0, 0.1) is 11.3 Å². The van der Waals surface area contributed by atoms with E-state index in [2.05, 4.69) is 27.4 Å². The van der Waals surface area contributed by atoms with Crippen molar-refractivity contribution >= 4 is 35.8 Å². The van der Waals surface area contributed by atoms with Crippen molar-refractivity contribution in [3.8, 4) is 6.07 Å². The number of rotatable bonds is 9. The second kappa shape index (κ2) is 12.1. The first-order valence-corrected chi connectivity index (χ1v) is 7.45. The van der Waals surface area contributed by atoms with Gasteiger partial charge in [0.1, 0.15) is 11.6 Å². The number of aromatic nitrogens is 2. The molecule has 0 spiro atoms. The molecule has 124 valence electrons. The summed E-state index contributed by atoms with van der Waals surface area (Å²) in [5, 5.41) is 18.6. The van der Waals surface area contributed by atoms with Crippen LogP contribution in [0.25, 0.3) is 0 Å². The number of nitriles is 1. The minimum absolute atomic E-state index is 0. The van der Waals surface area contributed by atoms with E-state index in [0.29, 0.717) is 24.5 Å². The quantitative estimate of drug-likeness (QED) is 0.210. The lowest BCUT2D eigenvalue weighted by molar-refractivity contribution is 0.651. The fourth-order valence-corrected chi connectivity index (χ4v) is 1.98. The molecule has 1 rings (SSSR count). The van der Waals surface area contributed by atoms with E-state index in [0.717, 1.165) is 25.1 Å². The minimum Gasteiger partial charge on any atom is -0.381 e. The number of guanidine groups is 1. The number of nitrogens with zero attached hydrogens (tertiary/aromatic N) is 3. The Kier molecular flexibility index (Phi) is 11.3. The molecule has 0 fully saturated rings. The van der Waals surface area contributed by atoms with Gasteiger partial charge in [-0.2, -0.15) is 10.4 Å². The summed E-state index contributed by atoms with van der Waals surface area (Å²) in [6.07, 6.45) is 6.28. The van der Waals surface area contributed by atoms with Crippen molar-refractivity contribution in [1.29, 1.82) is 5.26 Å². The average molecular weight is 419 g/mol. The zero-order valence-corrected chi connectivity index (χ0v) is 15.4. The van der Waals surface area contributed by atoms with Crippen LogP contribution in [0.5, 0.6) is 0 Å². The fourth-order valence-electron chi connectivity index (χ4n) is 1.98. The molecule has 8 heteroatoms. The molecule has 0 atom stereocenters. The first-order valence-electron chi connectivity index (χ1n) is 7.45. The number of nitrogens with one attached hydrogen (secondary N) is 2. The molecule has 6 N–H and O–H groups in total. The van der Waals surface area contributed by atoms with E-state index in [9.17, 15) is 0 Å². The molecule has 0 saturated heterocycles. The summed E-state index contributed by atoms with van der Waals surface area (Å²) in [4.78, 5) is 4.25. The maximum atomic E-state index is 8.94. The van der Waals surface area contributed by atoms with Gasteiger partial charge in [0.05, 0.1) is 5.69 Å². The van der Waals surface area contributed by atoms with E-state index in [1.807, 2.05) is 6.07 Å². The molecule has 0 aliphatic heterocycles. The molecule has 0 aliphatic rings. The largest absolute Gasteiger partial charge is 0.381 e. The van der Waals surface area contributed by atoms with Gasteiger partial charge in [-0.3, -0.25) is 10.1 Å². The van der Waals surface area contributed by atoms with Gasteiger partial charge < -0.3 is 16.8 Å². The molecule has 0 aliphatic carbocycles. The highest BCUT2D eigenvalue weighted by Crippen LogP contribution is 2.13. The van der Waals surface area contributed by atoms with Crippen LogP contribution in [-0.4, -0.2) is 29.2 Å². The lowest BCUT2D eigenvalue weighted by Gasteiger charge is -2.05. The molecule has 0 bridgehead atoms. The van der Waals surface area contributed by atoms with Crippen LogP contribution in [0.15, 0.2) is 4.99 Å². The minimum atomic E-state index is 0. The van der Waals surface area contributed by atoms with E-state index in [-0.39, 0.29) is 29.8 Å². The summed E-state index contributed by atoms with van der Waals surface area (Å²) >= 11 is 0. The van der Waals surface area contributed by atoms with Crippen LogP contribution >= 0.6 is 24.0 Å². The van der Waals surface area contributed by atoms with E-state index in [4.69, 9.17) is 16.7 Å². The van der Waals surface area contributed by atoms with Crippen molar-refractivity contribution in [1.82, 2.24) is 15.5 Å². The Hall–Kier alpha value is -1.50. The molecule has 0 radical (unpaired) electrons. The Morgan fingerprint density at radius 2 is 2.14 bits per heavy atom.